The highest BCUT2D eigenvalue weighted by Crippen LogP contribution is 2.24. The summed E-state index contributed by atoms with van der Waals surface area (Å²) in [5, 5.41) is 0. The molecule has 0 bridgehead atoms. The third kappa shape index (κ3) is 2.98. The van der Waals surface area contributed by atoms with Gasteiger partial charge in [-0.1, -0.05) is 0 Å². The van der Waals surface area contributed by atoms with Gasteiger partial charge in [-0.15, -0.1) is 0 Å². The number of fused-ring (bicyclic) bond motifs is 1. The van der Waals surface area contributed by atoms with Gasteiger partial charge in [-0.25, -0.2) is 0 Å². The van der Waals surface area contributed by atoms with Crippen molar-refractivity contribution in [3.8, 4) is 5.75 Å². The average Bonchev–Trinajstić information content (AvgIpc) is 2.70. The summed E-state index contributed by atoms with van der Waals surface area (Å²) in [5.74, 6) is 0.844. The molecule has 0 saturated heterocycles. The molecule has 1 unspecified atom stereocenters. The quantitative estimate of drug-likeness (QED) is 0.853. The first-order chi connectivity index (χ1) is 9.02. The molecule has 1 N–H and O–H groups in total. The molecule has 104 valence electrons. The number of hydrogen-bond donors (Lipinski definition) is 1. The Morgan fingerprint density at radius 3 is 2.79 bits per heavy atom. The Labute approximate surface area is 119 Å². The van der Waals surface area contributed by atoms with Crippen molar-refractivity contribution >= 4 is 23.3 Å². The SMILES string of the molecule is COc1ccc2c(c1)[nH]c(=S)n2C(C)CCN(C)C. The maximum absolute atomic E-state index is 5.44. The molecule has 0 spiro atoms. The second-order valence-electron chi connectivity index (χ2n) is 5.12. The molecule has 2 rings (SSSR count). The Hall–Kier alpha value is -1.33. The van der Waals surface area contributed by atoms with Crippen molar-refractivity contribution in [3.63, 3.8) is 0 Å². The molecule has 0 aliphatic carbocycles. The number of benzene rings is 1. The minimum Gasteiger partial charge on any atom is -0.497 e. The first-order valence-electron chi connectivity index (χ1n) is 6.46. The predicted octanol–water partition coefficient (Wildman–Crippen LogP) is 3.22. The first-order valence-corrected chi connectivity index (χ1v) is 6.86. The highest BCUT2D eigenvalue weighted by Gasteiger charge is 2.11. The number of H-pyrrole nitrogens is 1. The van der Waals surface area contributed by atoms with E-state index in [9.17, 15) is 0 Å². The van der Waals surface area contributed by atoms with Gasteiger partial charge in [-0.3, -0.25) is 0 Å². The van der Waals surface area contributed by atoms with E-state index in [0.717, 1.165) is 34.5 Å². The first kappa shape index (κ1) is 14.1. The van der Waals surface area contributed by atoms with Crippen molar-refractivity contribution in [2.75, 3.05) is 27.7 Å². The smallest absolute Gasteiger partial charge is 0.178 e. The monoisotopic (exact) mass is 279 g/mol. The number of hydrogen-bond acceptors (Lipinski definition) is 3. The zero-order valence-electron chi connectivity index (χ0n) is 11.9. The van der Waals surface area contributed by atoms with Crippen LogP contribution in [0, 0.1) is 4.77 Å². The molecule has 1 aromatic heterocycles. The van der Waals surface area contributed by atoms with Gasteiger partial charge in [0.15, 0.2) is 4.77 Å². The molecule has 19 heavy (non-hydrogen) atoms. The van der Waals surface area contributed by atoms with Crippen molar-refractivity contribution in [2.24, 2.45) is 0 Å². The predicted molar refractivity (Wildman–Crippen MR) is 81.6 cm³/mol. The van der Waals surface area contributed by atoms with Gasteiger partial charge < -0.3 is 19.2 Å². The number of ether oxygens (including phenoxy) is 1. The zero-order valence-corrected chi connectivity index (χ0v) is 12.8. The fourth-order valence-electron chi connectivity index (χ4n) is 2.25. The highest BCUT2D eigenvalue weighted by atomic mass is 32.1. The standard InChI is InChI=1S/C14H21N3OS/c1-10(7-8-16(2)3)17-13-6-5-11(18-4)9-12(13)15-14(17)19/h5-6,9-10H,7-8H2,1-4H3,(H,15,19). The molecular formula is C14H21N3OS. The van der Waals surface area contributed by atoms with E-state index in [1.165, 1.54) is 0 Å². The Morgan fingerprint density at radius 1 is 1.42 bits per heavy atom. The van der Waals surface area contributed by atoms with Crippen molar-refractivity contribution in [1.82, 2.24) is 14.5 Å². The fourth-order valence-corrected chi connectivity index (χ4v) is 2.64. The summed E-state index contributed by atoms with van der Waals surface area (Å²) < 4.78 is 8.20. The third-order valence-corrected chi connectivity index (χ3v) is 3.66. The normalized spacial score (nSPS) is 13.1. The van der Waals surface area contributed by atoms with Crippen molar-refractivity contribution < 1.29 is 4.74 Å². The lowest BCUT2D eigenvalue weighted by atomic mass is 10.2. The van der Waals surface area contributed by atoms with Crippen LogP contribution in [0.25, 0.3) is 11.0 Å². The van der Waals surface area contributed by atoms with Crippen LogP contribution < -0.4 is 4.74 Å². The summed E-state index contributed by atoms with van der Waals surface area (Å²) in [5.41, 5.74) is 2.16. The number of aromatic amines is 1. The minimum atomic E-state index is 0.372. The number of rotatable bonds is 5. The molecule has 0 radical (unpaired) electrons. The van der Waals surface area contributed by atoms with Gasteiger partial charge in [0.1, 0.15) is 5.75 Å². The molecule has 0 aliphatic rings. The summed E-state index contributed by atoms with van der Waals surface area (Å²) in [6.45, 7) is 3.25. The van der Waals surface area contributed by atoms with E-state index in [2.05, 4.69) is 41.5 Å². The van der Waals surface area contributed by atoms with E-state index in [0.29, 0.717) is 6.04 Å². The van der Waals surface area contributed by atoms with Gasteiger partial charge in [0.25, 0.3) is 0 Å². The maximum Gasteiger partial charge on any atom is 0.178 e. The van der Waals surface area contributed by atoms with Crippen LogP contribution in [0.5, 0.6) is 5.75 Å². The minimum absolute atomic E-state index is 0.372. The lowest BCUT2D eigenvalue weighted by molar-refractivity contribution is 0.359. The van der Waals surface area contributed by atoms with Crippen LogP contribution in [0.4, 0.5) is 0 Å². The van der Waals surface area contributed by atoms with Gasteiger partial charge in [-0.2, -0.15) is 0 Å². The molecule has 1 atom stereocenters. The van der Waals surface area contributed by atoms with Gasteiger partial charge in [-0.05, 0) is 58.3 Å². The van der Waals surface area contributed by atoms with E-state index in [4.69, 9.17) is 17.0 Å². The van der Waals surface area contributed by atoms with E-state index in [1.807, 2.05) is 12.1 Å². The topological polar surface area (TPSA) is 33.2 Å². The lowest BCUT2D eigenvalue weighted by Gasteiger charge is -2.17. The van der Waals surface area contributed by atoms with E-state index < -0.39 is 0 Å². The lowest BCUT2D eigenvalue weighted by Crippen LogP contribution is -2.17. The molecular weight excluding hydrogens is 258 g/mol. The summed E-state index contributed by atoms with van der Waals surface area (Å²) in [6.07, 6.45) is 1.07. The van der Waals surface area contributed by atoms with Crippen molar-refractivity contribution in [3.05, 3.63) is 23.0 Å². The molecule has 5 heteroatoms. The molecule has 0 fully saturated rings. The van der Waals surface area contributed by atoms with Crippen molar-refractivity contribution in [2.45, 2.75) is 19.4 Å². The van der Waals surface area contributed by atoms with Crippen LogP contribution in [-0.2, 0) is 0 Å². The van der Waals surface area contributed by atoms with E-state index >= 15 is 0 Å². The second-order valence-corrected chi connectivity index (χ2v) is 5.51. The second kappa shape index (κ2) is 5.75. The van der Waals surface area contributed by atoms with Crippen LogP contribution in [0.1, 0.15) is 19.4 Å². The van der Waals surface area contributed by atoms with Crippen LogP contribution in [0.3, 0.4) is 0 Å². The van der Waals surface area contributed by atoms with Crippen LogP contribution in [0.2, 0.25) is 0 Å². The molecule has 0 amide bonds. The molecule has 1 aromatic carbocycles. The number of methoxy groups -OCH3 is 1. The Kier molecular flexibility index (Phi) is 4.27. The Morgan fingerprint density at radius 2 is 2.16 bits per heavy atom. The number of imidazole rings is 1. The summed E-state index contributed by atoms with van der Waals surface area (Å²) >= 11 is 5.44. The van der Waals surface area contributed by atoms with Gasteiger partial charge >= 0.3 is 0 Å². The van der Waals surface area contributed by atoms with Crippen LogP contribution in [0.15, 0.2) is 18.2 Å². The number of nitrogens with one attached hydrogen (secondary N) is 1. The van der Waals surface area contributed by atoms with Gasteiger partial charge in [0.2, 0.25) is 0 Å². The maximum atomic E-state index is 5.44. The number of aromatic nitrogens is 2. The van der Waals surface area contributed by atoms with E-state index in [1.54, 1.807) is 7.11 Å². The average molecular weight is 279 g/mol. The Balaban J connectivity index is 2.37. The van der Waals surface area contributed by atoms with Crippen LogP contribution >= 0.6 is 12.2 Å². The molecule has 0 aliphatic heterocycles. The van der Waals surface area contributed by atoms with Gasteiger partial charge in [0, 0.05) is 12.1 Å². The van der Waals surface area contributed by atoms with Crippen molar-refractivity contribution in [1.29, 1.82) is 0 Å². The van der Waals surface area contributed by atoms with Crippen LogP contribution in [-0.4, -0.2) is 42.2 Å². The summed E-state index contributed by atoms with van der Waals surface area (Å²) in [6, 6.07) is 6.39. The third-order valence-electron chi connectivity index (χ3n) is 3.36. The largest absolute Gasteiger partial charge is 0.497 e. The zero-order chi connectivity index (χ0) is 14.0. The number of nitrogens with zero attached hydrogens (tertiary/aromatic N) is 2. The Bertz CT molecular complexity index is 615. The molecule has 1 heterocycles. The molecule has 0 saturated carbocycles. The fraction of sp³-hybridized carbons (Fsp3) is 0.500. The molecule has 2 aromatic rings. The van der Waals surface area contributed by atoms with E-state index in [-0.39, 0.29) is 0 Å². The summed E-state index contributed by atoms with van der Waals surface area (Å²) in [7, 11) is 5.85. The highest BCUT2D eigenvalue weighted by molar-refractivity contribution is 7.71. The summed E-state index contributed by atoms with van der Waals surface area (Å²) in [4.78, 5) is 5.45. The molecule has 4 nitrogen and oxygen atoms in total. The van der Waals surface area contributed by atoms with Gasteiger partial charge in [0.05, 0.1) is 18.1 Å².